The Morgan fingerprint density at radius 3 is 2.44 bits per heavy atom. The van der Waals surface area contributed by atoms with Gasteiger partial charge in [0.05, 0.1) is 11.4 Å². The third-order valence-electron chi connectivity index (χ3n) is 4.10. The van der Waals surface area contributed by atoms with Crippen LogP contribution in [-0.4, -0.2) is 40.2 Å². The molecule has 0 spiro atoms. The van der Waals surface area contributed by atoms with Crippen molar-refractivity contribution in [1.29, 1.82) is 0 Å². The molecule has 3 rings (SSSR count). The second kappa shape index (κ2) is 7.65. The summed E-state index contributed by atoms with van der Waals surface area (Å²) in [6.07, 6.45) is 3.47. The van der Waals surface area contributed by atoms with Gasteiger partial charge in [-0.25, -0.2) is 19.5 Å². The van der Waals surface area contributed by atoms with Gasteiger partial charge in [0.15, 0.2) is 5.82 Å². The monoisotopic (exact) mass is 340 g/mol. The van der Waals surface area contributed by atoms with Crippen LogP contribution >= 0.6 is 0 Å². The zero-order valence-corrected chi connectivity index (χ0v) is 13.8. The standard InChI is InChI=1S/C18H20N4O3/c23-17(21-12-5-2-6-13-21)20-16-15(10-7-11-19-16)22(18(24)25)14-8-3-1-4-9-14/h1,3-4,7-11H,2,5-6,12-13H2,(H,24,25)(H,19,20,23). The quantitative estimate of drug-likeness (QED) is 0.887. The Morgan fingerprint density at radius 1 is 1.04 bits per heavy atom. The third-order valence-corrected chi connectivity index (χ3v) is 4.10. The lowest BCUT2D eigenvalue weighted by molar-refractivity contribution is 0.199. The van der Waals surface area contributed by atoms with E-state index in [1.165, 1.54) is 6.20 Å². The predicted molar refractivity (Wildman–Crippen MR) is 95.3 cm³/mol. The minimum absolute atomic E-state index is 0.226. The number of hydrogen-bond acceptors (Lipinski definition) is 3. The summed E-state index contributed by atoms with van der Waals surface area (Å²) in [6.45, 7) is 1.41. The molecule has 3 amide bonds. The molecule has 0 saturated carbocycles. The second-order valence-corrected chi connectivity index (χ2v) is 5.80. The van der Waals surface area contributed by atoms with E-state index in [2.05, 4.69) is 10.3 Å². The van der Waals surface area contributed by atoms with E-state index in [0.29, 0.717) is 24.5 Å². The lowest BCUT2D eigenvalue weighted by Crippen LogP contribution is -2.39. The fourth-order valence-electron chi connectivity index (χ4n) is 2.88. The Bertz CT molecular complexity index is 745. The topological polar surface area (TPSA) is 85.8 Å². The maximum Gasteiger partial charge on any atom is 0.416 e. The number of nitrogens with one attached hydrogen (secondary N) is 1. The van der Waals surface area contributed by atoms with Crippen LogP contribution in [0, 0.1) is 0 Å². The largest absolute Gasteiger partial charge is 0.464 e. The summed E-state index contributed by atoms with van der Waals surface area (Å²) in [7, 11) is 0. The fourth-order valence-corrected chi connectivity index (χ4v) is 2.88. The highest BCUT2D eigenvalue weighted by Gasteiger charge is 2.23. The average molecular weight is 340 g/mol. The highest BCUT2D eigenvalue weighted by Crippen LogP contribution is 2.31. The molecule has 0 atom stereocenters. The molecule has 2 N–H and O–H groups in total. The van der Waals surface area contributed by atoms with Gasteiger partial charge in [-0.15, -0.1) is 0 Å². The second-order valence-electron chi connectivity index (χ2n) is 5.80. The van der Waals surface area contributed by atoms with Crippen LogP contribution in [0.1, 0.15) is 19.3 Å². The van der Waals surface area contributed by atoms with Crippen LogP contribution in [-0.2, 0) is 0 Å². The molecule has 1 aromatic heterocycles. The first kappa shape index (κ1) is 16.8. The molecule has 0 unspecified atom stereocenters. The molecule has 1 saturated heterocycles. The smallest absolute Gasteiger partial charge is 0.416 e. The van der Waals surface area contributed by atoms with Crippen LogP contribution in [0.5, 0.6) is 0 Å². The minimum Gasteiger partial charge on any atom is -0.464 e. The first-order valence-electron chi connectivity index (χ1n) is 8.26. The number of carbonyl (C=O) groups excluding carboxylic acids is 1. The van der Waals surface area contributed by atoms with Crippen molar-refractivity contribution in [2.24, 2.45) is 0 Å². The molecule has 7 heteroatoms. The summed E-state index contributed by atoms with van der Waals surface area (Å²) < 4.78 is 0. The van der Waals surface area contributed by atoms with Gasteiger partial charge in [-0.2, -0.15) is 0 Å². The van der Waals surface area contributed by atoms with Gasteiger partial charge in [-0.1, -0.05) is 18.2 Å². The number of piperidine rings is 1. The SMILES string of the molecule is O=C(Nc1ncccc1N(C(=O)O)c1ccccc1)N1CCCCC1. The number of nitrogens with zero attached hydrogens (tertiary/aromatic N) is 3. The number of hydrogen-bond donors (Lipinski definition) is 2. The van der Waals surface area contributed by atoms with E-state index in [-0.39, 0.29) is 11.8 Å². The molecule has 2 heterocycles. The lowest BCUT2D eigenvalue weighted by atomic mass is 10.1. The van der Waals surface area contributed by atoms with Gasteiger partial charge >= 0.3 is 12.1 Å². The fraction of sp³-hybridized carbons (Fsp3) is 0.278. The van der Waals surface area contributed by atoms with Gasteiger partial charge in [0, 0.05) is 19.3 Å². The lowest BCUT2D eigenvalue weighted by Gasteiger charge is -2.28. The normalized spacial score (nSPS) is 14.0. The minimum atomic E-state index is -1.15. The predicted octanol–water partition coefficient (Wildman–Crippen LogP) is 3.92. The van der Waals surface area contributed by atoms with Crippen molar-refractivity contribution >= 4 is 29.3 Å². The summed E-state index contributed by atoms with van der Waals surface area (Å²) in [5.41, 5.74) is 0.794. The van der Waals surface area contributed by atoms with E-state index >= 15 is 0 Å². The molecular weight excluding hydrogens is 320 g/mol. The summed E-state index contributed by atoms with van der Waals surface area (Å²) in [5, 5.41) is 12.4. The number of likely N-dealkylation sites (tertiary alicyclic amines) is 1. The van der Waals surface area contributed by atoms with Crippen molar-refractivity contribution in [2.45, 2.75) is 19.3 Å². The number of benzene rings is 1. The molecule has 7 nitrogen and oxygen atoms in total. The van der Waals surface area contributed by atoms with E-state index in [0.717, 1.165) is 24.2 Å². The number of rotatable bonds is 3. The molecule has 1 fully saturated rings. The van der Waals surface area contributed by atoms with Crippen LogP contribution in [0.2, 0.25) is 0 Å². The molecule has 2 aromatic rings. The van der Waals surface area contributed by atoms with E-state index in [1.54, 1.807) is 41.3 Å². The number of pyridine rings is 1. The van der Waals surface area contributed by atoms with Crippen molar-refractivity contribution < 1.29 is 14.7 Å². The zero-order valence-electron chi connectivity index (χ0n) is 13.8. The molecule has 1 aliphatic heterocycles. The third kappa shape index (κ3) is 3.88. The van der Waals surface area contributed by atoms with Crippen molar-refractivity contribution in [3.05, 3.63) is 48.7 Å². The van der Waals surface area contributed by atoms with Crippen LogP contribution in [0.4, 0.5) is 26.8 Å². The van der Waals surface area contributed by atoms with Crippen molar-refractivity contribution in [3.63, 3.8) is 0 Å². The van der Waals surface area contributed by atoms with Gasteiger partial charge < -0.3 is 10.0 Å². The van der Waals surface area contributed by atoms with E-state index in [9.17, 15) is 14.7 Å². The van der Waals surface area contributed by atoms with E-state index < -0.39 is 6.09 Å². The molecular formula is C18H20N4O3. The molecule has 130 valence electrons. The molecule has 0 aliphatic carbocycles. The van der Waals surface area contributed by atoms with Gasteiger partial charge in [0.2, 0.25) is 0 Å². The Labute approximate surface area is 145 Å². The first-order valence-corrected chi connectivity index (χ1v) is 8.26. The average Bonchev–Trinajstić information content (AvgIpc) is 2.64. The first-order chi connectivity index (χ1) is 12.2. The highest BCUT2D eigenvalue weighted by molar-refractivity contribution is 6.01. The maximum atomic E-state index is 12.5. The molecule has 25 heavy (non-hydrogen) atoms. The summed E-state index contributed by atoms with van der Waals surface area (Å²) in [5.74, 6) is 0.226. The van der Waals surface area contributed by atoms with Crippen molar-refractivity contribution in [1.82, 2.24) is 9.88 Å². The summed E-state index contributed by atoms with van der Waals surface area (Å²) in [4.78, 5) is 31.3. The van der Waals surface area contributed by atoms with Gasteiger partial charge in [0.1, 0.15) is 0 Å². The molecule has 1 aromatic carbocycles. The van der Waals surface area contributed by atoms with Crippen molar-refractivity contribution in [2.75, 3.05) is 23.3 Å². The van der Waals surface area contributed by atoms with Gasteiger partial charge in [-0.3, -0.25) is 5.32 Å². The molecule has 0 bridgehead atoms. The van der Waals surface area contributed by atoms with Crippen LogP contribution < -0.4 is 10.2 Å². The summed E-state index contributed by atoms with van der Waals surface area (Å²) >= 11 is 0. The molecule has 1 aliphatic rings. The van der Waals surface area contributed by atoms with Crippen LogP contribution in [0.15, 0.2) is 48.7 Å². The van der Waals surface area contributed by atoms with Crippen LogP contribution in [0.3, 0.4) is 0 Å². The number of urea groups is 1. The Balaban J connectivity index is 1.89. The highest BCUT2D eigenvalue weighted by atomic mass is 16.4. The maximum absolute atomic E-state index is 12.5. The number of amides is 3. The Kier molecular flexibility index (Phi) is 5.13. The van der Waals surface area contributed by atoms with E-state index in [1.807, 2.05) is 6.07 Å². The number of carbonyl (C=O) groups is 2. The number of para-hydroxylation sites is 1. The van der Waals surface area contributed by atoms with Gasteiger partial charge in [0.25, 0.3) is 0 Å². The van der Waals surface area contributed by atoms with Crippen LogP contribution in [0.25, 0.3) is 0 Å². The number of aromatic nitrogens is 1. The Hall–Kier alpha value is -3.09. The molecule has 0 radical (unpaired) electrons. The number of carboxylic acid groups (broad SMARTS) is 1. The summed E-state index contributed by atoms with van der Waals surface area (Å²) in [6, 6.07) is 11.7. The Morgan fingerprint density at radius 2 is 1.76 bits per heavy atom. The zero-order chi connectivity index (χ0) is 17.6. The van der Waals surface area contributed by atoms with Crippen molar-refractivity contribution in [3.8, 4) is 0 Å². The number of anilines is 3. The van der Waals surface area contributed by atoms with E-state index in [4.69, 9.17) is 0 Å². The van der Waals surface area contributed by atoms with Gasteiger partial charge in [-0.05, 0) is 43.5 Å².